The molecule has 0 saturated carbocycles. The van der Waals surface area contributed by atoms with E-state index in [1.807, 2.05) is 43.3 Å². The Morgan fingerprint density at radius 2 is 1.65 bits per heavy atom. The number of benzene rings is 2. The van der Waals surface area contributed by atoms with Gasteiger partial charge in [0.15, 0.2) is 5.78 Å². The summed E-state index contributed by atoms with van der Waals surface area (Å²) in [6.07, 6.45) is 4.81. The van der Waals surface area contributed by atoms with Crippen molar-refractivity contribution in [2.45, 2.75) is 38.5 Å². The molecule has 0 aromatic heterocycles. The lowest BCUT2D eigenvalue weighted by Crippen LogP contribution is -2.11. The van der Waals surface area contributed by atoms with Gasteiger partial charge in [0.25, 0.3) is 0 Å². The molecule has 1 atom stereocenters. The molecule has 0 amide bonds. The minimum atomic E-state index is -0.0714. The van der Waals surface area contributed by atoms with Crippen LogP contribution in [0, 0.1) is 0 Å². The minimum absolute atomic E-state index is 0.0714. The molecule has 0 N–H and O–H groups in total. The number of carbonyl (C=O) groups is 1. The van der Waals surface area contributed by atoms with E-state index in [2.05, 4.69) is 12.1 Å². The fourth-order valence-electron chi connectivity index (χ4n) is 3.03. The van der Waals surface area contributed by atoms with Crippen molar-refractivity contribution in [2.24, 2.45) is 0 Å². The third kappa shape index (κ3) is 2.53. The molecule has 0 radical (unpaired) electrons. The van der Waals surface area contributed by atoms with E-state index in [1.165, 1.54) is 24.0 Å². The van der Waals surface area contributed by atoms with Crippen LogP contribution in [0.5, 0.6) is 0 Å². The van der Waals surface area contributed by atoms with Gasteiger partial charge < -0.3 is 0 Å². The van der Waals surface area contributed by atoms with Gasteiger partial charge in [0.1, 0.15) is 0 Å². The van der Waals surface area contributed by atoms with Crippen molar-refractivity contribution in [3.05, 3.63) is 70.8 Å². The molecule has 20 heavy (non-hydrogen) atoms. The molecule has 1 aliphatic carbocycles. The van der Waals surface area contributed by atoms with Crippen molar-refractivity contribution in [3.8, 4) is 0 Å². The van der Waals surface area contributed by atoms with E-state index in [0.717, 1.165) is 24.0 Å². The first-order valence-electron chi connectivity index (χ1n) is 7.46. The second-order valence-electron chi connectivity index (χ2n) is 5.69. The number of fused-ring (bicyclic) bond motifs is 1. The highest BCUT2D eigenvalue weighted by molar-refractivity contribution is 6.00. The summed E-state index contributed by atoms with van der Waals surface area (Å²) >= 11 is 0. The predicted octanol–water partition coefficient (Wildman–Crippen LogP) is 4.55. The van der Waals surface area contributed by atoms with Crippen LogP contribution in [-0.4, -0.2) is 5.78 Å². The van der Waals surface area contributed by atoms with Crippen molar-refractivity contribution in [2.75, 3.05) is 0 Å². The smallest absolute Gasteiger partial charge is 0.170 e. The number of hydrogen-bond acceptors (Lipinski definition) is 1. The van der Waals surface area contributed by atoms with Gasteiger partial charge in [0.05, 0.1) is 0 Å². The standard InChI is InChI=1S/C19H20O/c1-14(15-7-3-2-4-8-15)19(20)18-12-11-16-9-5-6-10-17(16)13-18/h2-4,7-8,11-14H,5-6,9-10H2,1H3. The Labute approximate surface area is 120 Å². The SMILES string of the molecule is CC(C(=O)c1ccc2c(c1)CCCC2)c1ccccc1. The molecule has 1 nitrogen and oxygen atoms in total. The fourth-order valence-corrected chi connectivity index (χ4v) is 3.03. The van der Waals surface area contributed by atoms with Crippen LogP contribution in [0.25, 0.3) is 0 Å². The van der Waals surface area contributed by atoms with Gasteiger partial charge in [-0.25, -0.2) is 0 Å². The molecule has 1 heteroatoms. The van der Waals surface area contributed by atoms with E-state index in [9.17, 15) is 4.79 Å². The van der Waals surface area contributed by atoms with E-state index in [-0.39, 0.29) is 11.7 Å². The Morgan fingerprint density at radius 3 is 2.40 bits per heavy atom. The molecule has 0 fully saturated rings. The number of ketones is 1. The Balaban J connectivity index is 1.87. The van der Waals surface area contributed by atoms with Gasteiger partial charge in [0, 0.05) is 11.5 Å². The molecule has 102 valence electrons. The topological polar surface area (TPSA) is 17.1 Å². The van der Waals surface area contributed by atoms with Crippen molar-refractivity contribution < 1.29 is 4.79 Å². The predicted molar refractivity (Wildman–Crippen MR) is 82.3 cm³/mol. The van der Waals surface area contributed by atoms with Crippen LogP contribution in [-0.2, 0) is 12.8 Å². The zero-order valence-corrected chi connectivity index (χ0v) is 11.9. The Hall–Kier alpha value is -1.89. The van der Waals surface area contributed by atoms with Gasteiger partial charge >= 0.3 is 0 Å². The molecule has 2 aromatic carbocycles. The van der Waals surface area contributed by atoms with Crippen LogP contribution in [0.4, 0.5) is 0 Å². The summed E-state index contributed by atoms with van der Waals surface area (Å²) in [7, 11) is 0. The van der Waals surface area contributed by atoms with E-state index in [0.29, 0.717) is 0 Å². The molecule has 1 unspecified atom stereocenters. The summed E-state index contributed by atoms with van der Waals surface area (Å²) in [5.74, 6) is 0.155. The molecule has 3 rings (SSSR count). The van der Waals surface area contributed by atoms with E-state index >= 15 is 0 Å². The quantitative estimate of drug-likeness (QED) is 0.743. The maximum atomic E-state index is 12.6. The summed E-state index contributed by atoms with van der Waals surface area (Å²) in [5, 5.41) is 0. The van der Waals surface area contributed by atoms with Crippen LogP contribution >= 0.6 is 0 Å². The van der Waals surface area contributed by atoms with Crippen molar-refractivity contribution in [1.82, 2.24) is 0 Å². The summed E-state index contributed by atoms with van der Waals surface area (Å²) in [6, 6.07) is 16.3. The highest BCUT2D eigenvalue weighted by Crippen LogP contribution is 2.25. The third-order valence-electron chi connectivity index (χ3n) is 4.33. The summed E-state index contributed by atoms with van der Waals surface area (Å²) in [5.41, 5.74) is 4.76. The lowest BCUT2D eigenvalue weighted by atomic mass is 9.87. The monoisotopic (exact) mass is 264 g/mol. The molecule has 2 aromatic rings. The summed E-state index contributed by atoms with van der Waals surface area (Å²) in [4.78, 5) is 12.6. The Kier molecular flexibility index (Phi) is 3.68. The molecule has 0 heterocycles. The largest absolute Gasteiger partial charge is 0.294 e. The lowest BCUT2D eigenvalue weighted by molar-refractivity contribution is 0.0966. The number of Topliss-reactive ketones (excluding diaryl/α,β-unsaturated/α-hetero) is 1. The first kappa shape index (κ1) is 13.1. The van der Waals surface area contributed by atoms with Gasteiger partial charge in [-0.05, 0) is 48.4 Å². The zero-order chi connectivity index (χ0) is 13.9. The van der Waals surface area contributed by atoms with Crippen molar-refractivity contribution >= 4 is 5.78 Å². The van der Waals surface area contributed by atoms with Crippen molar-refractivity contribution in [1.29, 1.82) is 0 Å². The van der Waals surface area contributed by atoms with Gasteiger partial charge in [-0.3, -0.25) is 4.79 Å². The van der Waals surface area contributed by atoms with Crippen LogP contribution < -0.4 is 0 Å². The van der Waals surface area contributed by atoms with Gasteiger partial charge in [-0.15, -0.1) is 0 Å². The molecule has 0 saturated heterocycles. The van der Waals surface area contributed by atoms with E-state index in [1.54, 1.807) is 0 Å². The molecular formula is C19H20O. The lowest BCUT2D eigenvalue weighted by Gasteiger charge is -2.17. The van der Waals surface area contributed by atoms with Gasteiger partial charge in [-0.2, -0.15) is 0 Å². The van der Waals surface area contributed by atoms with Crippen LogP contribution in [0.15, 0.2) is 48.5 Å². The van der Waals surface area contributed by atoms with E-state index < -0.39 is 0 Å². The highest BCUT2D eigenvalue weighted by Gasteiger charge is 2.18. The number of rotatable bonds is 3. The fraction of sp³-hybridized carbons (Fsp3) is 0.316. The normalized spacial score (nSPS) is 15.4. The van der Waals surface area contributed by atoms with Crippen molar-refractivity contribution in [3.63, 3.8) is 0 Å². The first-order chi connectivity index (χ1) is 9.75. The maximum absolute atomic E-state index is 12.6. The van der Waals surface area contributed by atoms with Gasteiger partial charge in [-0.1, -0.05) is 49.4 Å². The van der Waals surface area contributed by atoms with Crippen LogP contribution in [0.1, 0.15) is 52.7 Å². The summed E-state index contributed by atoms with van der Waals surface area (Å²) in [6.45, 7) is 2.00. The molecule has 0 bridgehead atoms. The molecule has 0 aliphatic heterocycles. The Morgan fingerprint density at radius 1 is 0.950 bits per heavy atom. The second kappa shape index (κ2) is 5.62. The van der Waals surface area contributed by atoms with Gasteiger partial charge in [0.2, 0.25) is 0 Å². The van der Waals surface area contributed by atoms with Crippen LogP contribution in [0.2, 0.25) is 0 Å². The highest BCUT2D eigenvalue weighted by atomic mass is 16.1. The molecular weight excluding hydrogens is 244 g/mol. The molecule has 1 aliphatic rings. The average Bonchev–Trinajstić information content (AvgIpc) is 2.54. The molecule has 0 spiro atoms. The summed E-state index contributed by atoms with van der Waals surface area (Å²) < 4.78 is 0. The number of aryl methyl sites for hydroxylation is 2. The second-order valence-corrected chi connectivity index (χ2v) is 5.69. The first-order valence-corrected chi connectivity index (χ1v) is 7.46. The third-order valence-corrected chi connectivity index (χ3v) is 4.33. The Bertz CT molecular complexity index is 613. The zero-order valence-electron chi connectivity index (χ0n) is 11.9. The number of carbonyl (C=O) groups excluding carboxylic acids is 1. The average molecular weight is 264 g/mol. The van der Waals surface area contributed by atoms with E-state index in [4.69, 9.17) is 0 Å². The van der Waals surface area contributed by atoms with Crippen LogP contribution in [0.3, 0.4) is 0 Å². The maximum Gasteiger partial charge on any atom is 0.170 e. The number of hydrogen-bond donors (Lipinski definition) is 0. The minimum Gasteiger partial charge on any atom is -0.294 e.